The first kappa shape index (κ1) is 11.7. The molecular formula is C13H19ClN2. The van der Waals surface area contributed by atoms with Crippen LogP contribution in [-0.2, 0) is 0 Å². The van der Waals surface area contributed by atoms with E-state index in [-0.39, 0.29) is 0 Å². The van der Waals surface area contributed by atoms with Crippen molar-refractivity contribution < 1.29 is 0 Å². The van der Waals surface area contributed by atoms with Gasteiger partial charge in [-0.3, -0.25) is 0 Å². The second kappa shape index (κ2) is 5.07. The van der Waals surface area contributed by atoms with Crippen LogP contribution in [0.1, 0.15) is 18.9 Å². The summed E-state index contributed by atoms with van der Waals surface area (Å²) in [6, 6.07) is 6.68. The number of rotatable bonds is 1. The molecule has 0 saturated carbocycles. The van der Waals surface area contributed by atoms with Gasteiger partial charge in [0.15, 0.2) is 0 Å². The number of benzene rings is 1. The van der Waals surface area contributed by atoms with Gasteiger partial charge >= 0.3 is 0 Å². The van der Waals surface area contributed by atoms with E-state index in [9.17, 15) is 0 Å². The highest BCUT2D eigenvalue weighted by Crippen LogP contribution is 2.25. The zero-order valence-electron chi connectivity index (χ0n) is 9.96. The molecule has 1 heterocycles. The van der Waals surface area contributed by atoms with Gasteiger partial charge in [-0.1, -0.05) is 17.7 Å². The van der Waals surface area contributed by atoms with E-state index < -0.39 is 0 Å². The van der Waals surface area contributed by atoms with Crippen molar-refractivity contribution >= 4 is 17.3 Å². The molecule has 0 spiro atoms. The first-order valence-corrected chi connectivity index (χ1v) is 6.29. The lowest BCUT2D eigenvalue weighted by Gasteiger charge is -2.26. The lowest BCUT2D eigenvalue weighted by Crippen LogP contribution is -2.35. The van der Waals surface area contributed by atoms with E-state index >= 15 is 0 Å². The first-order valence-electron chi connectivity index (χ1n) is 5.91. The maximum atomic E-state index is 6.07. The fourth-order valence-electron chi connectivity index (χ4n) is 2.25. The van der Waals surface area contributed by atoms with Crippen LogP contribution in [0.15, 0.2) is 18.2 Å². The van der Waals surface area contributed by atoms with Crippen molar-refractivity contribution in [3.05, 3.63) is 28.8 Å². The Labute approximate surface area is 103 Å². The lowest BCUT2D eigenvalue weighted by atomic mass is 10.1. The van der Waals surface area contributed by atoms with Gasteiger partial charge in [-0.05, 0) is 44.5 Å². The Bertz CT molecular complexity index is 365. The van der Waals surface area contributed by atoms with Crippen LogP contribution in [0.25, 0.3) is 0 Å². The monoisotopic (exact) mass is 238 g/mol. The normalized spacial score (nSPS) is 21.9. The molecule has 1 saturated heterocycles. The van der Waals surface area contributed by atoms with Gasteiger partial charge in [0.25, 0.3) is 0 Å². The molecule has 1 aromatic carbocycles. The molecule has 88 valence electrons. The summed E-state index contributed by atoms with van der Waals surface area (Å²) in [5.41, 5.74) is 2.58. The minimum absolute atomic E-state index is 0.542. The van der Waals surface area contributed by atoms with Crippen molar-refractivity contribution in [3.63, 3.8) is 0 Å². The second-order valence-electron chi connectivity index (χ2n) is 4.59. The summed E-state index contributed by atoms with van der Waals surface area (Å²) in [6.45, 7) is 7.66. The summed E-state index contributed by atoms with van der Waals surface area (Å²) in [7, 11) is 0. The molecule has 16 heavy (non-hydrogen) atoms. The lowest BCUT2D eigenvalue weighted by molar-refractivity contribution is 0.584. The average Bonchev–Trinajstić information content (AvgIpc) is 2.46. The molecule has 1 aliphatic heterocycles. The largest absolute Gasteiger partial charge is 0.370 e. The second-order valence-corrected chi connectivity index (χ2v) is 5.02. The van der Waals surface area contributed by atoms with Gasteiger partial charge < -0.3 is 10.2 Å². The van der Waals surface area contributed by atoms with Crippen molar-refractivity contribution in [1.29, 1.82) is 0 Å². The fourth-order valence-corrected chi connectivity index (χ4v) is 2.41. The smallest absolute Gasteiger partial charge is 0.0426 e. The zero-order valence-corrected chi connectivity index (χ0v) is 10.7. The summed E-state index contributed by atoms with van der Waals surface area (Å²) in [6.07, 6.45) is 1.19. The van der Waals surface area contributed by atoms with Crippen LogP contribution >= 0.6 is 11.6 Å². The molecule has 0 aromatic heterocycles. The van der Waals surface area contributed by atoms with Crippen molar-refractivity contribution in [2.24, 2.45) is 0 Å². The summed E-state index contributed by atoms with van der Waals surface area (Å²) in [5.74, 6) is 0. The highest BCUT2D eigenvalue weighted by molar-refractivity contribution is 6.30. The standard InChI is InChI=1S/C13H19ClN2/c1-10-4-5-12(14)8-13(10)16-7-3-6-15-11(2)9-16/h4-5,8,11,15H,3,6-7,9H2,1-2H3. The molecule has 1 aromatic rings. The predicted molar refractivity (Wildman–Crippen MR) is 70.5 cm³/mol. The number of hydrogen-bond donors (Lipinski definition) is 1. The molecule has 3 heteroatoms. The quantitative estimate of drug-likeness (QED) is 0.810. The third-order valence-corrected chi connectivity index (χ3v) is 3.34. The SMILES string of the molecule is Cc1ccc(Cl)cc1N1CCCNC(C)C1. The molecular weight excluding hydrogens is 220 g/mol. The van der Waals surface area contributed by atoms with Gasteiger partial charge in [0.2, 0.25) is 0 Å². The van der Waals surface area contributed by atoms with Gasteiger partial charge in [0.05, 0.1) is 0 Å². The molecule has 0 bridgehead atoms. The van der Waals surface area contributed by atoms with Crippen molar-refractivity contribution in [1.82, 2.24) is 5.32 Å². The van der Waals surface area contributed by atoms with Crippen LogP contribution < -0.4 is 10.2 Å². The van der Waals surface area contributed by atoms with Gasteiger partial charge in [-0.25, -0.2) is 0 Å². The Morgan fingerprint density at radius 2 is 2.25 bits per heavy atom. The Hall–Kier alpha value is -0.730. The van der Waals surface area contributed by atoms with Crippen LogP contribution in [0.2, 0.25) is 5.02 Å². The van der Waals surface area contributed by atoms with E-state index in [0.717, 1.165) is 24.7 Å². The van der Waals surface area contributed by atoms with Crippen molar-refractivity contribution in [3.8, 4) is 0 Å². The van der Waals surface area contributed by atoms with Crippen LogP contribution in [0.5, 0.6) is 0 Å². The molecule has 1 N–H and O–H groups in total. The number of nitrogens with zero attached hydrogens (tertiary/aromatic N) is 1. The van der Waals surface area contributed by atoms with Gasteiger partial charge in [0.1, 0.15) is 0 Å². The van der Waals surface area contributed by atoms with E-state index in [1.807, 2.05) is 6.07 Å². The van der Waals surface area contributed by atoms with Gasteiger partial charge in [-0.15, -0.1) is 0 Å². The Morgan fingerprint density at radius 1 is 1.44 bits per heavy atom. The van der Waals surface area contributed by atoms with Crippen LogP contribution in [-0.4, -0.2) is 25.7 Å². The van der Waals surface area contributed by atoms with E-state index in [1.165, 1.54) is 17.7 Å². The summed E-state index contributed by atoms with van der Waals surface area (Å²) >= 11 is 6.07. The fraction of sp³-hybridized carbons (Fsp3) is 0.538. The third-order valence-electron chi connectivity index (χ3n) is 3.10. The third kappa shape index (κ3) is 2.69. The molecule has 1 unspecified atom stereocenters. The molecule has 0 aliphatic carbocycles. The maximum Gasteiger partial charge on any atom is 0.0426 e. The molecule has 2 nitrogen and oxygen atoms in total. The van der Waals surface area contributed by atoms with Crippen molar-refractivity contribution in [2.75, 3.05) is 24.5 Å². The number of hydrogen-bond acceptors (Lipinski definition) is 2. The summed E-state index contributed by atoms with van der Waals surface area (Å²) in [4.78, 5) is 2.44. The first-order chi connectivity index (χ1) is 7.66. The topological polar surface area (TPSA) is 15.3 Å². The van der Waals surface area contributed by atoms with Gasteiger partial charge in [-0.2, -0.15) is 0 Å². The molecule has 1 atom stereocenters. The van der Waals surface area contributed by atoms with Crippen LogP contribution in [0, 0.1) is 6.92 Å². The van der Waals surface area contributed by atoms with Crippen LogP contribution in [0.3, 0.4) is 0 Å². The molecule has 2 rings (SSSR count). The van der Waals surface area contributed by atoms with Crippen LogP contribution in [0.4, 0.5) is 5.69 Å². The van der Waals surface area contributed by atoms with Gasteiger partial charge in [0, 0.05) is 29.8 Å². The molecule has 1 fully saturated rings. The van der Waals surface area contributed by atoms with E-state index in [1.54, 1.807) is 0 Å². The van der Waals surface area contributed by atoms with E-state index in [4.69, 9.17) is 11.6 Å². The summed E-state index contributed by atoms with van der Waals surface area (Å²) < 4.78 is 0. The Morgan fingerprint density at radius 3 is 3.06 bits per heavy atom. The Kier molecular flexibility index (Phi) is 3.72. The average molecular weight is 239 g/mol. The van der Waals surface area contributed by atoms with E-state index in [0.29, 0.717) is 6.04 Å². The minimum Gasteiger partial charge on any atom is -0.370 e. The maximum absolute atomic E-state index is 6.07. The number of aryl methyl sites for hydroxylation is 1. The van der Waals surface area contributed by atoms with E-state index in [2.05, 4.69) is 36.2 Å². The molecule has 1 aliphatic rings. The molecule has 0 amide bonds. The number of anilines is 1. The molecule has 0 radical (unpaired) electrons. The highest BCUT2D eigenvalue weighted by atomic mass is 35.5. The summed E-state index contributed by atoms with van der Waals surface area (Å²) in [5, 5.41) is 4.33. The zero-order chi connectivity index (χ0) is 11.5. The van der Waals surface area contributed by atoms with Crippen molar-refractivity contribution in [2.45, 2.75) is 26.3 Å². The number of halogens is 1. The number of nitrogens with one attached hydrogen (secondary N) is 1. The highest BCUT2D eigenvalue weighted by Gasteiger charge is 2.15. The predicted octanol–water partition coefficient (Wildman–Crippen LogP) is 2.84. The Balaban J connectivity index is 2.24. The minimum atomic E-state index is 0.542.